The van der Waals surface area contributed by atoms with E-state index < -0.39 is 0 Å². The molecule has 0 atom stereocenters. The molecule has 1 amide bonds. The molecule has 0 spiro atoms. The first kappa shape index (κ1) is 11.6. The number of rotatable bonds is 4. The van der Waals surface area contributed by atoms with Gasteiger partial charge in [-0.1, -0.05) is 12.1 Å². The number of hydrogen-bond acceptors (Lipinski definition) is 3. The van der Waals surface area contributed by atoms with Gasteiger partial charge in [0.15, 0.2) is 0 Å². The summed E-state index contributed by atoms with van der Waals surface area (Å²) in [5.41, 5.74) is 4.31. The van der Waals surface area contributed by atoms with Gasteiger partial charge >= 0.3 is 0 Å². The first-order valence-electron chi connectivity index (χ1n) is 5.69. The summed E-state index contributed by atoms with van der Waals surface area (Å²) in [7, 11) is 1.63. The van der Waals surface area contributed by atoms with E-state index in [1.54, 1.807) is 7.11 Å². The van der Waals surface area contributed by atoms with Crippen molar-refractivity contribution < 1.29 is 9.53 Å². The monoisotopic (exact) mass is 232 g/mol. The molecule has 4 heteroatoms. The SMILES string of the molecule is COc1cccc(/C(C)=N\NC(=O)C2CC2)c1. The van der Waals surface area contributed by atoms with Crippen LogP contribution in [0.15, 0.2) is 29.4 Å². The van der Waals surface area contributed by atoms with Gasteiger partial charge in [-0.15, -0.1) is 0 Å². The number of amides is 1. The van der Waals surface area contributed by atoms with Crippen molar-refractivity contribution in [2.45, 2.75) is 19.8 Å². The predicted molar refractivity (Wildman–Crippen MR) is 66.1 cm³/mol. The first-order chi connectivity index (χ1) is 8.20. The average molecular weight is 232 g/mol. The quantitative estimate of drug-likeness (QED) is 0.637. The fraction of sp³-hybridized carbons (Fsp3) is 0.385. The maximum Gasteiger partial charge on any atom is 0.243 e. The molecule has 0 unspecified atom stereocenters. The second-order valence-electron chi connectivity index (χ2n) is 4.18. The van der Waals surface area contributed by atoms with E-state index in [1.807, 2.05) is 31.2 Å². The van der Waals surface area contributed by atoms with Crippen LogP contribution in [0.1, 0.15) is 25.3 Å². The van der Waals surface area contributed by atoms with Crippen molar-refractivity contribution in [3.63, 3.8) is 0 Å². The smallest absolute Gasteiger partial charge is 0.243 e. The first-order valence-corrected chi connectivity index (χ1v) is 5.69. The Morgan fingerprint density at radius 3 is 2.88 bits per heavy atom. The molecule has 0 saturated heterocycles. The van der Waals surface area contributed by atoms with Gasteiger partial charge < -0.3 is 4.74 Å². The van der Waals surface area contributed by atoms with Crippen molar-refractivity contribution in [2.75, 3.05) is 7.11 Å². The van der Waals surface area contributed by atoms with Crippen molar-refractivity contribution in [3.05, 3.63) is 29.8 Å². The van der Waals surface area contributed by atoms with Crippen LogP contribution in [0.5, 0.6) is 5.75 Å². The van der Waals surface area contributed by atoms with E-state index in [0.29, 0.717) is 0 Å². The summed E-state index contributed by atoms with van der Waals surface area (Å²) in [6.45, 7) is 1.86. The minimum absolute atomic E-state index is 0.0206. The Hall–Kier alpha value is -1.84. The van der Waals surface area contributed by atoms with Gasteiger partial charge in [0.25, 0.3) is 0 Å². The van der Waals surface area contributed by atoms with E-state index in [0.717, 1.165) is 29.9 Å². The average Bonchev–Trinajstić information content (AvgIpc) is 3.19. The van der Waals surface area contributed by atoms with Gasteiger partial charge in [0.1, 0.15) is 5.75 Å². The van der Waals surface area contributed by atoms with Crippen LogP contribution < -0.4 is 10.2 Å². The van der Waals surface area contributed by atoms with Crippen LogP contribution in [0, 0.1) is 5.92 Å². The minimum atomic E-state index is 0.0206. The zero-order chi connectivity index (χ0) is 12.3. The zero-order valence-electron chi connectivity index (χ0n) is 10.1. The standard InChI is InChI=1S/C13H16N2O2/c1-9(14-15-13(16)10-6-7-10)11-4-3-5-12(8-11)17-2/h3-5,8,10H,6-7H2,1-2H3,(H,15,16)/b14-9-. The van der Waals surface area contributed by atoms with Gasteiger partial charge in [0.05, 0.1) is 12.8 Å². The van der Waals surface area contributed by atoms with Crippen LogP contribution in [0.3, 0.4) is 0 Å². The summed E-state index contributed by atoms with van der Waals surface area (Å²) < 4.78 is 5.14. The molecule has 0 aliphatic heterocycles. The van der Waals surface area contributed by atoms with Gasteiger partial charge in [-0.2, -0.15) is 5.10 Å². The summed E-state index contributed by atoms with van der Waals surface area (Å²) in [5, 5.41) is 4.09. The number of hydrazone groups is 1. The lowest BCUT2D eigenvalue weighted by Crippen LogP contribution is -2.20. The highest BCUT2D eigenvalue weighted by molar-refractivity contribution is 5.99. The molecular weight excluding hydrogens is 216 g/mol. The number of hydrogen-bond donors (Lipinski definition) is 1. The summed E-state index contributed by atoms with van der Waals surface area (Å²) in [6.07, 6.45) is 1.97. The van der Waals surface area contributed by atoms with Crippen LogP contribution >= 0.6 is 0 Å². The molecule has 0 bridgehead atoms. The van der Waals surface area contributed by atoms with E-state index in [4.69, 9.17) is 4.74 Å². The van der Waals surface area contributed by atoms with Crippen LogP contribution in [0.4, 0.5) is 0 Å². The molecule has 2 rings (SSSR count). The molecule has 0 aromatic heterocycles. The molecule has 0 radical (unpaired) electrons. The third kappa shape index (κ3) is 3.06. The lowest BCUT2D eigenvalue weighted by atomic mass is 10.1. The molecule has 1 saturated carbocycles. The van der Waals surface area contributed by atoms with Gasteiger partial charge in [0, 0.05) is 11.5 Å². The fourth-order valence-corrected chi connectivity index (χ4v) is 1.49. The predicted octanol–water partition coefficient (Wildman–Crippen LogP) is 1.95. The van der Waals surface area contributed by atoms with Crippen molar-refractivity contribution >= 4 is 11.6 Å². The molecule has 1 fully saturated rings. The second-order valence-corrected chi connectivity index (χ2v) is 4.18. The molecular formula is C13H16N2O2. The van der Waals surface area contributed by atoms with Crippen molar-refractivity contribution in [1.29, 1.82) is 0 Å². The van der Waals surface area contributed by atoms with E-state index >= 15 is 0 Å². The molecule has 1 aliphatic rings. The van der Waals surface area contributed by atoms with E-state index in [1.165, 1.54) is 0 Å². The maximum absolute atomic E-state index is 11.4. The van der Waals surface area contributed by atoms with E-state index in [-0.39, 0.29) is 11.8 Å². The molecule has 4 nitrogen and oxygen atoms in total. The molecule has 1 aromatic rings. The fourth-order valence-electron chi connectivity index (χ4n) is 1.49. The topological polar surface area (TPSA) is 50.7 Å². The van der Waals surface area contributed by atoms with E-state index in [2.05, 4.69) is 10.5 Å². The minimum Gasteiger partial charge on any atom is -0.497 e. The third-order valence-corrected chi connectivity index (χ3v) is 2.77. The lowest BCUT2D eigenvalue weighted by molar-refractivity contribution is -0.122. The maximum atomic E-state index is 11.4. The Labute approximate surface area is 101 Å². The molecule has 0 heterocycles. The van der Waals surface area contributed by atoms with Gasteiger partial charge in [-0.3, -0.25) is 4.79 Å². The normalized spacial score (nSPS) is 15.5. The third-order valence-electron chi connectivity index (χ3n) is 2.77. The number of methoxy groups -OCH3 is 1. The van der Waals surface area contributed by atoms with Crippen LogP contribution in [-0.2, 0) is 4.79 Å². The highest BCUT2D eigenvalue weighted by Crippen LogP contribution is 2.28. The Kier molecular flexibility index (Phi) is 3.42. The van der Waals surface area contributed by atoms with E-state index in [9.17, 15) is 4.79 Å². The highest BCUT2D eigenvalue weighted by atomic mass is 16.5. The summed E-state index contributed by atoms with van der Waals surface area (Å²) in [6, 6.07) is 7.60. The molecule has 1 N–H and O–H groups in total. The highest BCUT2D eigenvalue weighted by Gasteiger charge is 2.29. The Morgan fingerprint density at radius 1 is 1.47 bits per heavy atom. The van der Waals surface area contributed by atoms with Gasteiger partial charge in [-0.25, -0.2) is 5.43 Å². The summed E-state index contributed by atoms with van der Waals surface area (Å²) >= 11 is 0. The Morgan fingerprint density at radius 2 is 2.24 bits per heavy atom. The lowest BCUT2D eigenvalue weighted by Gasteiger charge is -2.04. The van der Waals surface area contributed by atoms with Crippen molar-refractivity contribution in [2.24, 2.45) is 11.0 Å². The molecule has 1 aliphatic carbocycles. The number of ether oxygens (including phenoxy) is 1. The number of benzene rings is 1. The van der Waals surface area contributed by atoms with Crippen LogP contribution in [-0.4, -0.2) is 18.7 Å². The summed E-state index contributed by atoms with van der Waals surface area (Å²) in [5.74, 6) is 0.981. The number of nitrogens with one attached hydrogen (secondary N) is 1. The number of nitrogens with zero attached hydrogens (tertiary/aromatic N) is 1. The molecule has 90 valence electrons. The van der Waals surface area contributed by atoms with Crippen LogP contribution in [0.25, 0.3) is 0 Å². The Bertz CT molecular complexity index is 450. The number of carbonyl (C=O) groups is 1. The largest absolute Gasteiger partial charge is 0.497 e. The summed E-state index contributed by atoms with van der Waals surface area (Å²) in [4.78, 5) is 11.4. The van der Waals surface area contributed by atoms with Crippen LogP contribution in [0.2, 0.25) is 0 Å². The molecule has 17 heavy (non-hydrogen) atoms. The van der Waals surface area contributed by atoms with Crippen molar-refractivity contribution in [1.82, 2.24) is 5.43 Å². The van der Waals surface area contributed by atoms with Gasteiger partial charge in [0.2, 0.25) is 5.91 Å². The second kappa shape index (κ2) is 4.99. The Balaban J connectivity index is 2.03. The molecule has 1 aromatic carbocycles. The number of carbonyl (C=O) groups excluding carboxylic acids is 1. The van der Waals surface area contributed by atoms with Gasteiger partial charge in [-0.05, 0) is 31.9 Å². The zero-order valence-corrected chi connectivity index (χ0v) is 10.1. The van der Waals surface area contributed by atoms with Crippen molar-refractivity contribution in [3.8, 4) is 5.75 Å².